The molecule has 48 valence electrons. The molecule has 0 heterocycles. The second-order valence-electron chi connectivity index (χ2n) is 1.48. The van der Waals surface area contributed by atoms with Crippen molar-refractivity contribution in [3.05, 3.63) is 0 Å². The standard InChI is InChI=1S/2C2H5O.CH3.In/c2*1-2-3;;/h2*2H2,1H3;1H3;/q2*-1;;+2. The van der Waals surface area contributed by atoms with Gasteiger partial charge in [-0.1, -0.05) is 0 Å². The SMILES string of the molecule is CC[O][In]([CH3])[O]CC. The summed E-state index contributed by atoms with van der Waals surface area (Å²) < 4.78 is 12.6. The molecule has 0 spiro atoms. The Labute approximate surface area is 59.9 Å². The number of rotatable bonds is 4. The summed E-state index contributed by atoms with van der Waals surface area (Å²) in [7, 11) is 0. The Bertz CT molecular complexity index is 43.7. The molecule has 0 rings (SSSR count). The van der Waals surface area contributed by atoms with Gasteiger partial charge in [0.25, 0.3) is 0 Å². The van der Waals surface area contributed by atoms with Crippen molar-refractivity contribution in [1.82, 2.24) is 0 Å². The van der Waals surface area contributed by atoms with E-state index in [1.165, 1.54) is 0 Å². The summed E-state index contributed by atoms with van der Waals surface area (Å²) in [5.74, 6) is 0. The van der Waals surface area contributed by atoms with Crippen molar-refractivity contribution in [1.29, 1.82) is 0 Å². The molecule has 0 bridgehead atoms. The van der Waals surface area contributed by atoms with E-state index in [9.17, 15) is 0 Å². The Morgan fingerprint density at radius 1 is 1.12 bits per heavy atom. The van der Waals surface area contributed by atoms with Crippen LogP contribution in [0.15, 0.2) is 0 Å². The minimum absolute atomic E-state index is 0.817. The third-order valence-electron chi connectivity index (χ3n) is 0.803. The van der Waals surface area contributed by atoms with E-state index in [0.717, 1.165) is 13.2 Å². The molecule has 2 nitrogen and oxygen atoms in total. The van der Waals surface area contributed by atoms with Crippen molar-refractivity contribution in [2.45, 2.75) is 18.5 Å². The molecule has 0 amide bonds. The maximum absolute atomic E-state index is 5.27. The summed E-state index contributed by atoms with van der Waals surface area (Å²) in [6, 6.07) is 0. The van der Waals surface area contributed by atoms with Crippen molar-refractivity contribution < 1.29 is 5.71 Å². The summed E-state index contributed by atoms with van der Waals surface area (Å²) >= 11 is -1.80. The molecule has 0 aliphatic rings. The average Bonchev–Trinajstić information content (AvgIpc) is 1.68. The second-order valence-corrected chi connectivity index (χ2v) is 6.62. The fourth-order valence-corrected chi connectivity index (χ4v) is 3.47. The summed E-state index contributed by atoms with van der Waals surface area (Å²) in [5, 5.41) is 0. The molecule has 0 radical (unpaired) electrons. The summed E-state index contributed by atoms with van der Waals surface area (Å²) in [4.78, 5) is 0. The van der Waals surface area contributed by atoms with E-state index in [1.807, 2.05) is 13.8 Å². The van der Waals surface area contributed by atoms with Gasteiger partial charge in [-0.15, -0.1) is 0 Å². The first-order chi connectivity index (χ1) is 3.81. The Morgan fingerprint density at radius 3 is 1.75 bits per heavy atom. The van der Waals surface area contributed by atoms with E-state index in [-0.39, 0.29) is 0 Å². The summed E-state index contributed by atoms with van der Waals surface area (Å²) in [6.07, 6.45) is 0. The van der Waals surface area contributed by atoms with Gasteiger partial charge in [0.05, 0.1) is 0 Å². The van der Waals surface area contributed by atoms with Crippen LogP contribution in [0.3, 0.4) is 0 Å². The first-order valence-electron chi connectivity index (χ1n) is 3.04. The van der Waals surface area contributed by atoms with Crippen LogP contribution in [0.25, 0.3) is 0 Å². The van der Waals surface area contributed by atoms with Crippen LogP contribution in [-0.2, 0) is 5.71 Å². The zero-order valence-corrected chi connectivity index (χ0v) is 9.10. The molecule has 0 aromatic carbocycles. The molecule has 0 fully saturated rings. The maximum atomic E-state index is 5.27. The van der Waals surface area contributed by atoms with Crippen molar-refractivity contribution in [2.75, 3.05) is 13.2 Å². The molecule has 0 unspecified atom stereocenters. The third kappa shape index (κ3) is 4.94. The molecule has 3 heteroatoms. The zero-order valence-electron chi connectivity index (χ0n) is 5.81. The molecular formula is C5H13InO2. The van der Waals surface area contributed by atoms with Crippen LogP contribution in [-0.4, -0.2) is 35.5 Å². The summed E-state index contributed by atoms with van der Waals surface area (Å²) in [6.45, 7) is 5.65. The molecule has 0 saturated carbocycles. The normalized spacial score (nSPS) is 9.38. The number of hydrogen-bond acceptors (Lipinski definition) is 2. The molecule has 0 N–H and O–H groups in total. The van der Waals surface area contributed by atoms with Crippen LogP contribution < -0.4 is 0 Å². The molecule has 8 heavy (non-hydrogen) atoms. The Balaban J connectivity index is 2.92. The van der Waals surface area contributed by atoms with E-state index in [4.69, 9.17) is 5.71 Å². The van der Waals surface area contributed by atoms with Crippen LogP contribution in [0.5, 0.6) is 0 Å². The third-order valence-corrected chi connectivity index (χ3v) is 5.39. The first kappa shape index (κ1) is 8.79. The van der Waals surface area contributed by atoms with Gasteiger partial charge in [0.2, 0.25) is 0 Å². The van der Waals surface area contributed by atoms with Gasteiger partial charge in [-0.25, -0.2) is 0 Å². The van der Waals surface area contributed by atoms with E-state index in [0.29, 0.717) is 0 Å². The van der Waals surface area contributed by atoms with Crippen LogP contribution in [0.1, 0.15) is 13.8 Å². The van der Waals surface area contributed by atoms with Gasteiger partial charge in [-0.2, -0.15) is 0 Å². The van der Waals surface area contributed by atoms with Gasteiger partial charge in [0.1, 0.15) is 0 Å². The van der Waals surface area contributed by atoms with Crippen molar-refractivity contribution >= 4 is 22.3 Å². The van der Waals surface area contributed by atoms with Crippen LogP contribution in [0.2, 0.25) is 4.68 Å². The van der Waals surface area contributed by atoms with E-state index in [1.54, 1.807) is 0 Å². The zero-order chi connectivity index (χ0) is 6.41. The van der Waals surface area contributed by atoms with E-state index in [2.05, 4.69) is 4.68 Å². The molecule has 0 atom stereocenters. The molecule has 0 aliphatic carbocycles. The monoisotopic (exact) mass is 220 g/mol. The van der Waals surface area contributed by atoms with Gasteiger partial charge in [0, 0.05) is 0 Å². The Morgan fingerprint density at radius 2 is 1.50 bits per heavy atom. The summed E-state index contributed by atoms with van der Waals surface area (Å²) in [5.41, 5.74) is 0. The first-order valence-corrected chi connectivity index (χ1v) is 9.03. The van der Waals surface area contributed by atoms with Gasteiger partial charge in [-0.05, 0) is 0 Å². The second kappa shape index (κ2) is 5.92. The van der Waals surface area contributed by atoms with Gasteiger partial charge < -0.3 is 0 Å². The molecular weight excluding hydrogens is 207 g/mol. The fourth-order valence-electron chi connectivity index (χ4n) is 0.518. The van der Waals surface area contributed by atoms with Gasteiger partial charge >= 0.3 is 59.8 Å². The van der Waals surface area contributed by atoms with Crippen molar-refractivity contribution in [3.63, 3.8) is 0 Å². The Kier molecular flexibility index (Phi) is 6.50. The molecule has 0 aromatic heterocycles. The van der Waals surface area contributed by atoms with Gasteiger partial charge in [0.15, 0.2) is 0 Å². The molecule has 0 aromatic rings. The van der Waals surface area contributed by atoms with Crippen LogP contribution in [0.4, 0.5) is 0 Å². The van der Waals surface area contributed by atoms with Crippen LogP contribution in [0, 0.1) is 0 Å². The van der Waals surface area contributed by atoms with E-state index >= 15 is 0 Å². The Hall–Kier alpha value is 0.790. The number of hydrogen-bond donors (Lipinski definition) is 0. The topological polar surface area (TPSA) is 18.5 Å². The van der Waals surface area contributed by atoms with Crippen molar-refractivity contribution in [3.8, 4) is 0 Å². The van der Waals surface area contributed by atoms with E-state index < -0.39 is 22.3 Å². The quantitative estimate of drug-likeness (QED) is 0.708. The molecule has 0 aliphatic heterocycles. The molecule has 0 saturated heterocycles. The predicted octanol–water partition coefficient (Wildman–Crippen LogP) is 1.18. The minimum atomic E-state index is -1.80. The predicted molar refractivity (Wildman–Crippen MR) is 34.9 cm³/mol. The van der Waals surface area contributed by atoms with Gasteiger partial charge in [-0.3, -0.25) is 0 Å². The fraction of sp³-hybridized carbons (Fsp3) is 1.00. The average molecular weight is 220 g/mol. The van der Waals surface area contributed by atoms with Crippen molar-refractivity contribution in [2.24, 2.45) is 0 Å². The van der Waals surface area contributed by atoms with Crippen LogP contribution >= 0.6 is 0 Å².